The van der Waals surface area contributed by atoms with E-state index in [4.69, 9.17) is 11.6 Å². The van der Waals surface area contributed by atoms with Crippen molar-refractivity contribution < 1.29 is 0 Å². The van der Waals surface area contributed by atoms with Crippen molar-refractivity contribution in [3.05, 3.63) is 59.4 Å². The molecule has 21 heavy (non-hydrogen) atoms. The van der Waals surface area contributed by atoms with Crippen LogP contribution in [0.2, 0.25) is 5.15 Å². The van der Waals surface area contributed by atoms with E-state index < -0.39 is 0 Å². The second-order valence-corrected chi connectivity index (χ2v) is 5.98. The molecule has 1 aliphatic rings. The van der Waals surface area contributed by atoms with Gasteiger partial charge in [0, 0.05) is 44.1 Å². The van der Waals surface area contributed by atoms with Crippen molar-refractivity contribution in [3.8, 4) is 0 Å². The highest BCUT2D eigenvalue weighted by Crippen LogP contribution is 2.20. The molecule has 1 fully saturated rings. The topological polar surface area (TPSA) is 19.4 Å². The van der Waals surface area contributed by atoms with Gasteiger partial charge in [0.2, 0.25) is 0 Å². The summed E-state index contributed by atoms with van der Waals surface area (Å²) in [6, 6.07) is 15.1. The highest BCUT2D eigenvalue weighted by atomic mass is 35.5. The zero-order chi connectivity index (χ0) is 14.7. The largest absolute Gasteiger partial charge is 0.369 e. The first-order valence-electron chi connectivity index (χ1n) is 7.37. The molecule has 0 N–H and O–H groups in total. The Hall–Kier alpha value is -1.58. The molecule has 0 saturated carbocycles. The molecule has 2 aromatic rings. The summed E-state index contributed by atoms with van der Waals surface area (Å²) in [5.74, 6) is 0. The summed E-state index contributed by atoms with van der Waals surface area (Å²) in [5, 5.41) is 0.556. The van der Waals surface area contributed by atoms with E-state index in [1.54, 1.807) is 0 Å². The first-order chi connectivity index (χ1) is 10.2. The van der Waals surface area contributed by atoms with E-state index in [0.717, 1.165) is 26.2 Å². The van der Waals surface area contributed by atoms with Crippen molar-refractivity contribution in [3.63, 3.8) is 0 Å². The highest BCUT2D eigenvalue weighted by Gasteiger charge is 2.23. The minimum absolute atomic E-state index is 0.523. The van der Waals surface area contributed by atoms with E-state index in [9.17, 15) is 0 Å². The number of anilines is 1. The monoisotopic (exact) mass is 301 g/mol. The van der Waals surface area contributed by atoms with Gasteiger partial charge in [-0.25, -0.2) is 4.98 Å². The lowest BCUT2D eigenvalue weighted by Gasteiger charge is -2.41. The minimum Gasteiger partial charge on any atom is -0.369 e. The Balaban J connectivity index is 1.62. The maximum absolute atomic E-state index is 5.84. The fraction of sp³-hybridized carbons (Fsp3) is 0.353. The van der Waals surface area contributed by atoms with Gasteiger partial charge in [-0.2, -0.15) is 0 Å². The van der Waals surface area contributed by atoms with E-state index in [-0.39, 0.29) is 0 Å². The molecule has 3 nitrogen and oxygen atoms in total. The standard InChI is InChI=1S/C17H20ClN3/c1-14-12-21(16-5-3-2-4-6-16)10-9-20(14)13-15-7-8-17(18)19-11-15/h2-8,11,14H,9-10,12-13H2,1H3/t14-/m0/s1. The molecule has 1 atom stereocenters. The van der Waals surface area contributed by atoms with Gasteiger partial charge in [0.25, 0.3) is 0 Å². The van der Waals surface area contributed by atoms with Crippen molar-refractivity contribution >= 4 is 17.3 Å². The average molecular weight is 302 g/mol. The third-order valence-electron chi connectivity index (χ3n) is 4.06. The van der Waals surface area contributed by atoms with Crippen LogP contribution in [0, 0.1) is 0 Å². The van der Waals surface area contributed by atoms with Gasteiger partial charge in [0.05, 0.1) is 0 Å². The smallest absolute Gasteiger partial charge is 0.129 e. The fourth-order valence-electron chi connectivity index (χ4n) is 2.84. The van der Waals surface area contributed by atoms with Gasteiger partial charge in [0.15, 0.2) is 0 Å². The fourth-order valence-corrected chi connectivity index (χ4v) is 2.95. The van der Waals surface area contributed by atoms with Gasteiger partial charge in [0.1, 0.15) is 5.15 Å². The molecule has 4 heteroatoms. The van der Waals surface area contributed by atoms with Crippen LogP contribution in [0.1, 0.15) is 12.5 Å². The molecule has 1 aliphatic heterocycles. The molecule has 2 heterocycles. The summed E-state index contributed by atoms with van der Waals surface area (Å²) < 4.78 is 0. The maximum Gasteiger partial charge on any atom is 0.129 e. The molecule has 110 valence electrons. The predicted molar refractivity (Wildman–Crippen MR) is 87.8 cm³/mol. The Morgan fingerprint density at radius 3 is 2.62 bits per heavy atom. The van der Waals surface area contributed by atoms with E-state index in [1.807, 2.05) is 12.3 Å². The second kappa shape index (κ2) is 6.46. The van der Waals surface area contributed by atoms with Crippen LogP contribution in [0.3, 0.4) is 0 Å². The third kappa shape index (κ3) is 3.55. The lowest BCUT2D eigenvalue weighted by Crippen LogP contribution is -2.51. The zero-order valence-electron chi connectivity index (χ0n) is 12.2. The highest BCUT2D eigenvalue weighted by molar-refractivity contribution is 6.29. The number of piperazine rings is 1. The van der Waals surface area contributed by atoms with Crippen LogP contribution in [0.15, 0.2) is 48.7 Å². The van der Waals surface area contributed by atoms with Crippen molar-refractivity contribution in [2.24, 2.45) is 0 Å². The number of para-hydroxylation sites is 1. The number of hydrogen-bond acceptors (Lipinski definition) is 3. The van der Waals surface area contributed by atoms with Gasteiger partial charge in [-0.05, 0) is 30.7 Å². The lowest BCUT2D eigenvalue weighted by molar-refractivity contribution is 0.181. The van der Waals surface area contributed by atoms with E-state index in [0.29, 0.717) is 11.2 Å². The summed E-state index contributed by atoms with van der Waals surface area (Å²) in [6.07, 6.45) is 1.87. The van der Waals surface area contributed by atoms with Gasteiger partial charge in [-0.15, -0.1) is 0 Å². The molecule has 1 aromatic carbocycles. The molecule has 1 saturated heterocycles. The maximum atomic E-state index is 5.84. The molecule has 0 spiro atoms. The molecular weight excluding hydrogens is 282 g/mol. The third-order valence-corrected chi connectivity index (χ3v) is 4.28. The van der Waals surface area contributed by atoms with Gasteiger partial charge in [-0.1, -0.05) is 35.9 Å². The van der Waals surface area contributed by atoms with Gasteiger partial charge >= 0.3 is 0 Å². The van der Waals surface area contributed by atoms with Crippen LogP contribution in [0.4, 0.5) is 5.69 Å². The number of aromatic nitrogens is 1. The Morgan fingerprint density at radius 1 is 1.14 bits per heavy atom. The minimum atomic E-state index is 0.523. The van der Waals surface area contributed by atoms with E-state index >= 15 is 0 Å². The van der Waals surface area contributed by atoms with Crippen molar-refractivity contribution in [2.75, 3.05) is 24.5 Å². The molecule has 0 radical (unpaired) electrons. The Kier molecular flexibility index (Phi) is 4.42. The van der Waals surface area contributed by atoms with Crippen LogP contribution < -0.4 is 4.90 Å². The molecule has 0 amide bonds. The summed E-state index contributed by atoms with van der Waals surface area (Å²) >= 11 is 5.84. The van der Waals surface area contributed by atoms with Crippen LogP contribution in [0.25, 0.3) is 0 Å². The number of benzene rings is 1. The lowest BCUT2D eigenvalue weighted by atomic mass is 10.1. The second-order valence-electron chi connectivity index (χ2n) is 5.59. The van der Waals surface area contributed by atoms with Crippen LogP contribution in [0.5, 0.6) is 0 Å². The summed E-state index contributed by atoms with van der Waals surface area (Å²) in [6.45, 7) is 6.42. The first-order valence-corrected chi connectivity index (χ1v) is 7.74. The van der Waals surface area contributed by atoms with E-state index in [2.05, 4.69) is 58.1 Å². The van der Waals surface area contributed by atoms with Crippen molar-refractivity contribution in [1.82, 2.24) is 9.88 Å². The zero-order valence-corrected chi connectivity index (χ0v) is 13.0. The number of rotatable bonds is 3. The Morgan fingerprint density at radius 2 is 1.95 bits per heavy atom. The van der Waals surface area contributed by atoms with Crippen molar-refractivity contribution in [1.29, 1.82) is 0 Å². The van der Waals surface area contributed by atoms with E-state index in [1.165, 1.54) is 11.3 Å². The molecule has 1 aromatic heterocycles. The van der Waals surface area contributed by atoms with Gasteiger partial charge in [-0.3, -0.25) is 4.90 Å². The molecule has 0 unspecified atom stereocenters. The van der Waals surface area contributed by atoms with Crippen molar-refractivity contribution in [2.45, 2.75) is 19.5 Å². The average Bonchev–Trinajstić information content (AvgIpc) is 2.52. The predicted octanol–water partition coefficient (Wildman–Crippen LogP) is 3.45. The van der Waals surface area contributed by atoms with Crippen LogP contribution in [-0.4, -0.2) is 35.6 Å². The van der Waals surface area contributed by atoms with Crippen LogP contribution >= 0.6 is 11.6 Å². The normalized spacial score (nSPS) is 19.7. The van der Waals surface area contributed by atoms with Gasteiger partial charge < -0.3 is 4.90 Å². The molecule has 3 rings (SSSR count). The molecular formula is C17H20ClN3. The number of hydrogen-bond donors (Lipinski definition) is 0. The Bertz CT molecular complexity index is 570. The van der Waals surface area contributed by atoms with Crippen LogP contribution in [-0.2, 0) is 6.54 Å². The molecule has 0 bridgehead atoms. The SMILES string of the molecule is C[C@H]1CN(c2ccccc2)CCN1Cc1ccc(Cl)nc1. The summed E-state index contributed by atoms with van der Waals surface area (Å²) in [7, 11) is 0. The number of halogens is 1. The Labute approximate surface area is 131 Å². The molecule has 0 aliphatic carbocycles. The summed E-state index contributed by atoms with van der Waals surface area (Å²) in [4.78, 5) is 9.12. The first kappa shape index (κ1) is 14.4. The number of pyridine rings is 1. The summed E-state index contributed by atoms with van der Waals surface area (Å²) in [5.41, 5.74) is 2.54. The quantitative estimate of drug-likeness (QED) is 0.810. The number of nitrogens with zero attached hydrogens (tertiary/aromatic N) is 3.